The molecule has 2 bridgehead atoms. The number of carboxylic acid groups (broad SMARTS) is 1. The van der Waals surface area contributed by atoms with Gasteiger partial charge < -0.3 is 14.9 Å². The maximum atomic E-state index is 11.8. The number of nitro benzene ring substituents is 1. The Kier molecular flexibility index (Phi) is 4.64. The number of halogens is 1. The smallest absolute Gasteiger partial charge is 0.407 e. The van der Waals surface area contributed by atoms with Gasteiger partial charge in [-0.25, -0.2) is 4.79 Å². The van der Waals surface area contributed by atoms with Gasteiger partial charge in [0.2, 0.25) is 0 Å². The second-order valence-electron chi connectivity index (χ2n) is 6.62. The van der Waals surface area contributed by atoms with E-state index in [4.69, 9.17) is 11.6 Å². The lowest BCUT2D eigenvalue weighted by molar-refractivity contribution is -0.385. The third-order valence-corrected chi connectivity index (χ3v) is 5.57. The highest BCUT2D eigenvalue weighted by Crippen LogP contribution is 2.37. The Labute approximate surface area is 145 Å². The third-order valence-electron chi connectivity index (χ3n) is 5.34. The van der Waals surface area contributed by atoms with Crippen LogP contribution in [-0.4, -0.2) is 51.1 Å². The fourth-order valence-electron chi connectivity index (χ4n) is 4.03. The molecule has 0 radical (unpaired) electrons. The fraction of sp³-hybridized carbons (Fsp3) is 0.562. The second kappa shape index (κ2) is 6.57. The standard InChI is InChI=1S/C16H20ClN3O4/c1-18-12-3-4-13(18)8-14(7-12)19(16(21)22)9-10-6-11(17)2-5-15(10)20(23)24/h2,5-6,12-14H,3-4,7-9H2,1H3,(H,21,22)/t12-,13+,14?. The van der Waals surface area contributed by atoms with Crippen LogP contribution in [0.3, 0.4) is 0 Å². The monoisotopic (exact) mass is 353 g/mol. The zero-order valence-electron chi connectivity index (χ0n) is 13.4. The molecule has 2 fully saturated rings. The molecule has 2 saturated heterocycles. The van der Waals surface area contributed by atoms with Crippen molar-refractivity contribution < 1.29 is 14.8 Å². The second-order valence-corrected chi connectivity index (χ2v) is 7.05. The summed E-state index contributed by atoms with van der Waals surface area (Å²) in [5.41, 5.74) is 0.239. The molecular formula is C16H20ClN3O4. The maximum absolute atomic E-state index is 11.8. The van der Waals surface area contributed by atoms with Crippen LogP contribution in [0, 0.1) is 10.1 Å². The van der Waals surface area contributed by atoms with Gasteiger partial charge in [0.05, 0.1) is 17.0 Å². The number of hydrogen-bond acceptors (Lipinski definition) is 4. The van der Waals surface area contributed by atoms with E-state index in [0.717, 1.165) is 25.7 Å². The molecule has 1 unspecified atom stereocenters. The molecule has 1 aromatic rings. The van der Waals surface area contributed by atoms with Gasteiger partial charge >= 0.3 is 6.09 Å². The van der Waals surface area contributed by atoms with Crippen LogP contribution in [0.25, 0.3) is 0 Å². The molecule has 3 atom stereocenters. The van der Waals surface area contributed by atoms with Crippen LogP contribution in [0.4, 0.5) is 10.5 Å². The lowest BCUT2D eigenvalue weighted by Gasteiger charge is -2.40. The summed E-state index contributed by atoms with van der Waals surface area (Å²) in [6.07, 6.45) is 2.67. The molecule has 1 aromatic carbocycles. The molecule has 130 valence electrons. The highest BCUT2D eigenvalue weighted by molar-refractivity contribution is 6.30. The molecule has 24 heavy (non-hydrogen) atoms. The largest absolute Gasteiger partial charge is 0.465 e. The average molecular weight is 354 g/mol. The highest BCUT2D eigenvalue weighted by Gasteiger charge is 2.41. The van der Waals surface area contributed by atoms with Gasteiger partial charge in [-0.1, -0.05) is 11.6 Å². The minimum Gasteiger partial charge on any atom is -0.465 e. The van der Waals surface area contributed by atoms with E-state index in [1.807, 2.05) is 0 Å². The Morgan fingerprint density at radius 2 is 2.04 bits per heavy atom. The van der Waals surface area contributed by atoms with Gasteiger partial charge in [-0.3, -0.25) is 10.1 Å². The molecule has 0 aliphatic carbocycles. The van der Waals surface area contributed by atoms with Crippen LogP contribution < -0.4 is 0 Å². The van der Waals surface area contributed by atoms with E-state index >= 15 is 0 Å². The highest BCUT2D eigenvalue weighted by atomic mass is 35.5. The average Bonchev–Trinajstić information content (AvgIpc) is 2.73. The number of nitrogens with zero attached hydrogens (tertiary/aromatic N) is 3. The van der Waals surface area contributed by atoms with Gasteiger partial charge in [-0.05, 0) is 44.9 Å². The van der Waals surface area contributed by atoms with E-state index in [2.05, 4.69) is 11.9 Å². The van der Waals surface area contributed by atoms with E-state index < -0.39 is 11.0 Å². The molecule has 8 heteroatoms. The number of rotatable bonds is 4. The lowest BCUT2D eigenvalue weighted by Crippen LogP contribution is -2.50. The van der Waals surface area contributed by atoms with Crippen molar-refractivity contribution >= 4 is 23.4 Å². The van der Waals surface area contributed by atoms with Crippen molar-refractivity contribution in [2.24, 2.45) is 0 Å². The van der Waals surface area contributed by atoms with Crippen molar-refractivity contribution in [1.82, 2.24) is 9.80 Å². The molecule has 1 amide bonds. The quantitative estimate of drug-likeness (QED) is 0.662. The van der Waals surface area contributed by atoms with Gasteiger partial charge in [-0.15, -0.1) is 0 Å². The maximum Gasteiger partial charge on any atom is 0.407 e. The van der Waals surface area contributed by atoms with Gasteiger partial charge in [0, 0.05) is 29.2 Å². The van der Waals surface area contributed by atoms with E-state index in [0.29, 0.717) is 22.7 Å². The van der Waals surface area contributed by atoms with Crippen LogP contribution in [0.2, 0.25) is 5.02 Å². The summed E-state index contributed by atoms with van der Waals surface area (Å²) >= 11 is 5.95. The fourth-order valence-corrected chi connectivity index (χ4v) is 4.23. The number of hydrogen-bond donors (Lipinski definition) is 1. The first-order chi connectivity index (χ1) is 11.4. The van der Waals surface area contributed by atoms with Crippen molar-refractivity contribution in [3.05, 3.63) is 38.9 Å². The van der Waals surface area contributed by atoms with Gasteiger partial charge in [-0.2, -0.15) is 0 Å². The van der Waals surface area contributed by atoms with Crippen LogP contribution in [0.15, 0.2) is 18.2 Å². The summed E-state index contributed by atoms with van der Waals surface area (Å²) in [4.78, 5) is 26.2. The van der Waals surface area contributed by atoms with E-state index in [9.17, 15) is 20.0 Å². The number of fused-ring (bicyclic) bond motifs is 2. The first kappa shape index (κ1) is 17.0. The van der Waals surface area contributed by atoms with Crippen LogP contribution in [0.1, 0.15) is 31.2 Å². The normalized spacial score (nSPS) is 26.3. The first-order valence-corrected chi connectivity index (χ1v) is 8.39. The Balaban J connectivity index is 1.84. The van der Waals surface area contributed by atoms with E-state index in [1.54, 1.807) is 0 Å². The Bertz CT molecular complexity index is 655. The summed E-state index contributed by atoms with van der Waals surface area (Å²) < 4.78 is 0. The van der Waals surface area contributed by atoms with Crippen molar-refractivity contribution in [3.63, 3.8) is 0 Å². The number of piperidine rings is 1. The summed E-state index contributed by atoms with van der Waals surface area (Å²) in [5.74, 6) is 0. The van der Waals surface area contributed by atoms with Crippen molar-refractivity contribution in [2.45, 2.75) is 50.4 Å². The summed E-state index contributed by atoms with van der Waals surface area (Å²) in [7, 11) is 2.09. The topological polar surface area (TPSA) is 86.9 Å². The predicted octanol–water partition coefficient (Wildman–Crippen LogP) is 3.35. The molecular weight excluding hydrogens is 334 g/mol. The summed E-state index contributed by atoms with van der Waals surface area (Å²) in [6, 6.07) is 4.93. The molecule has 0 saturated carbocycles. The van der Waals surface area contributed by atoms with E-state index in [-0.39, 0.29) is 18.3 Å². The summed E-state index contributed by atoms with van der Waals surface area (Å²) in [6.45, 7) is -0.0139. The van der Waals surface area contributed by atoms with Crippen molar-refractivity contribution in [1.29, 1.82) is 0 Å². The molecule has 3 rings (SSSR count). The number of carbonyl (C=O) groups is 1. The van der Waals surface area contributed by atoms with Crippen molar-refractivity contribution in [3.8, 4) is 0 Å². The molecule has 7 nitrogen and oxygen atoms in total. The SMILES string of the molecule is CN1[C@@H]2CC[C@H]1CC(N(Cc1cc(Cl)ccc1[N+](=O)[O-])C(=O)O)C2. The molecule has 2 aliphatic rings. The molecule has 0 spiro atoms. The molecule has 1 N–H and O–H groups in total. The number of benzene rings is 1. The molecule has 2 aliphatic heterocycles. The number of nitro groups is 1. The lowest BCUT2D eigenvalue weighted by atomic mass is 9.96. The Morgan fingerprint density at radius 1 is 1.42 bits per heavy atom. The predicted molar refractivity (Wildman–Crippen MR) is 89.3 cm³/mol. The zero-order valence-corrected chi connectivity index (χ0v) is 14.1. The minimum atomic E-state index is -1.04. The summed E-state index contributed by atoms with van der Waals surface area (Å²) in [5, 5.41) is 21.2. The van der Waals surface area contributed by atoms with Crippen LogP contribution >= 0.6 is 11.6 Å². The number of amides is 1. The van der Waals surface area contributed by atoms with Crippen molar-refractivity contribution in [2.75, 3.05) is 7.05 Å². The van der Waals surface area contributed by atoms with E-state index in [1.165, 1.54) is 23.1 Å². The van der Waals surface area contributed by atoms with Gasteiger partial charge in [0.15, 0.2) is 0 Å². The zero-order chi connectivity index (χ0) is 17.4. The third kappa shape index (κ3) is 3.18. The minimum absolute atomic E-state index is 0.0139. The van der Waals surface area contributed by atoms with Gasteiger partial charge in [0.25, 0.3) is 5.69 Å². The molecule has 2 heterocycles. The Morgan fingerprint density at radius 3 is 2.58 bits per heavy atom. The first-order valence-electron chi connectivity index (χ1n) is 8.01. The van der Waals surface area contributed by atoms with Crippen LogP contribution in [0.5, 0.6) is 0 Å². The molecule has 0 aromatic heterocycles. The van der Waals surface area contributed by atoms with Gasteiger partial charge in [0.1, 0.15) is 0 Å². The van der Waals surface area contributed by atoms with Crippen LogP contribution in [-0.2, 0) is 6.54 Å². The Hall–Kier alpha value is -1.86.